The molecule has 0 saturated heterocycles. The summed E-state index contributed by atoms with van der Waals surface area (Å²) in [7, 11) is 0. The molecule has 0 aliphatic rings. The van der Waals surface area contributed by atoms with E-state index in [1.807, 2.05) is 22.6 Å². The summed E-state index contributed by atoms with van der Waals surface area (Å²) in [5.41, 5.74) is 0.685. The first-order valence-electron chi connectivity index (χ1n) is 3.32. The van der Waals surface area contributed by atoms with E-state index in [-0.39, 0.29) is 5.57 Å². The number of nitrogens with zero attached hydrogens (tertiary/aromatic N) is 1. The molecular formula is C9H9FIN. The van der Waals surface area contributed by atoms with Gasteiger partial charge in [-0.15, -0.1) is 0 Å². The van der Waals surface area contributed by atoms with Gasteiger partial charge < -0.3 is 0 Å². The SMILES string of the molecule is C=C(C)/C(I)=C(F)\C(C#N)=C/C. The molecule has 0 N–H and O–H groups in total. The van der Waals surface area contributed by atoms with E-state index < -0.39 is 5.83 Å². The molecule has 0 aromatic carbocycles. The number of rotatable bonds is 2. The Hall–Kier alpha value is -0.630. The van der Waals surface area contributed by atoms with Gasteiger partial charge in [-0.25, -0.2) is 4.39 Å². The summed E-state index contributed by atoms with van der Waals surface area (Å²) in [6, 6.07) is 1.77. The first-order valence-corrected chi connectivity index (χ1v) is 4.40. The second-order valence-corrected chi connectivity index (χ2v) is 3.30. The highest BCUT2D eigenvalue weighted by molar-refractivity contribution is 14.1. The largest absolute Gasteiger partial charge is 0.204 e. The van der Waals surface area contributed by atoms with Crippen LogP contribution in [0.25, 0.3) is 0 Å². The molecule has 0 bridgehead atoms. The van der Waals surface area contributed by atoms with Gasteiger partial charge in [-0.3, -0.25) is 0 Å². The molecule has 0 radical (unpaired) electrons. The van der Waals surface area contributed by atoms with Crippen LogP contribution in [0.15, 0.2) is 33.2 Å². The first kappa shape index (κ1) is 11.4. The van der Waals surface area contributed by atoms with Crippen molar-refractivity contribution in [1.29, 1.82) is 5.26 Å². The van der Waals surface area contributed by atoms with Crippen molar-refractivity contribution in [1.82, 2.24) is 0 Å². The Balaban J connectivity index is 5.06. The van der Waals surface area contributed by atoms with E-state index in [1.165, 1.54) is 6.08 Å². The molecule has 0 heterocycles. The molecule has 0 aromatic rings. The predicted molar refractivity (Wildman–Crippen MR) is 56.3 cm³/mol. The van der Waals surface area contributed by atoms with Crippen molar-refractivity contribution in [2.75, 3.05) is 0 Å². The lowest BCUT2D eigenvalue weighted by atomic mass is 10.2. The van der Waals surface area contributed by atoms with E-state index in [0.717, 1.165) is 0 Å². The molecule has 0 aliphatic heterocycles. The van der Waals surface area contributed by atoms with Crippen molar-refractivity contribution >= 4 is 22.6 Å². The number of halogens is 2. The predicted octanol–water partition coefficient (Wildman–Crippen LogP) is 3.65. The van der Waals surface area contributed by atoms with Gasteiger partial charge >= 0.3 is 0 Å². The summed E-state index contributed by atoms with van der Waals surface area (Å²) in [5.74, 6) is -0.493. The van der Waals surface area contributed by atoms with Crippen molar-refractivity contribution in [2.45, 2.75) is 13.8 Å². The molecule has 12 heavy (non-hydrogen) atoms. The van der Waals surface area contributed by atoms with Crippen LogP contribution in [-0.2, 0) is 0 Å². The minimum absolute atomic E-state index is 0.0578. The van der Waals surface area contributed by atoms with Gasteiger partial charge in [0.25, 0.3) is 0 Å². The van der Waals surface area contributed by atoms with Gasteiger partial charge in [0.2, 0.25) is 0 Å². The van der Waals surface area contributed by atoms with Gasteiger partial charge in [-0.1, -0.05) is 12.7 Å². The lowest BCUT2D eigenvalue weighted by Gasteiger charge is -1.99. The van der Waals surface area contributed by atoms with Crippen molar-refractivity contribution in [3.8, 4) is 6.07 Å². The smallest absolute Gasteiger partial charge is 0.154 e. The molecule has 0 spiro atoms. The second kappa shape index (κ2) is 5.09. The van der Waals surface area contributed by atoms with Gasteiger partial charge in [0.1, 0.15) is 6.07 Å². The van der Waals surface area contributed by atoms with Crippen LogP contribution in [0.1, 0.15) is 13.8 Å². The Labute approximate surface area is 85.4 Å². The quantitative estimate of drug-likeness (QED) is 0.429. The Bertz CT molecular complexity index is 294. The van der Waals surface area contributed by atoms with Gasteiger partial charge in [-0.2, -0.15) is 5.26 Å². The molecule has 0 amide bonds. The van der Waals surface area contributed by atoms with E-state index in [1.54, 1.807) is 19.9 Å². The van der Waals surface area contributed by atoms with Crippen LogP contribution in [0.5, 0.6) is 0 Å². The van der Waals surface area contributed by atoms with Gasteiger partial charge in [0.15, 0.2) is 5.83 Å². The number of hydrogen-bond acceptors (Lipinski definition) is 1. The molecule has 0 aliphatic carbocycles. The Morgan fingerprint density at radius 1 is 1.67 bits per heavy atom. The van der Waals surface area contributed by atoms with Crippen molar-refractivity contribution in [3.63, 3.8) is 0 Å². The van der Waals surface area contributed by atoms with E-state index in [2.05, 4.69) is 6.58 Å². The summed E-state index contributed by atoms with van der Waals surface area (Å²) >= 11 is 1.83. The highest BCUT2D eigenvalue weighted by Crippen LogP contribution is 2.26. The fourth-order valence-corrected chi connectivity index (χ4v) is 0.836. The van der Waals surface area contributed by atoms with Gasteiger partial charge in [0, 0.05) is 0 Å². The van der Waals surface area contributed by atoms with Crippen molar-refractivity contribution < 1.29 is 4.39 Å². The lowest BCUT2D eigenvalue weighted by Crippen LogP contribution is -1.84. The van der Waals surface area contributed by atoms with Crippen LogP contribution in [0.2, 0.25) is 0 Å². The van der Waals surface area contributed by atoms with E-state index in [4.69, 9.17) is 5.26 Å². The molecule has 0 rings (SSSR count). The molecular weight excluding hydrogens is 268 g/mol. The second-order valence-electron chi connectivity index (χ2n) is 2.22. The third-order valence-corrected chi connectivity index (χ3v) is 2.61. The molecule has 3 heteroatoms. The summed E-state index contributed by atoms with van der Waals surface area (Å²) in [6.07, 6.45) is 1.44. The maximum atomic E-state index is 13.2. The maximum Gasteiger partial charge on any atom is 0.154 e. The fourth-order valence-electron chi connectivity index (χ4n) is 0.546. The Morgan fingerprint density at radius 2 is 2.17 bits per heavy atom. The van der Waals surface area contributed by atoms with Crippen molar-refractivity contribution in [2.24, 2.45) is 0 Å². The van der Waals surface area contributed by atoms with Crippen LogP contribution < -0.4 is 0 Å². The van der Waals surface area contributed by atoms with Gasteiger partial charge in [-0.05, 0) is 42.0 Å². The normalized spacial score (nSPS) is 13.4. The highest BCUT2D eigenvalue weighted by atomic mass is 127. The summed E-state index contributed by atoms with van der Waals surface area (Å²) in [6.45, 7) is 6.91. The zero-order valence-electron chi connectivity index (χ0n) is 6.99. The first-order chi connectivity index (χ1) is 5.54. The minimum atomic E-state index is -0.493. The topological polar surface area (TPSA) is 23.8 Å². The molecule has 64 valence electrons. The zero-order valence-corrected chi connectivity index (χ0v) is 9.15. The minimum Gasteiger partial charge on any atom is -0.204 e. The molecule has 0 saturated carbocycles. The summed E-state index contributed by atoms with van der Waals surface area (Å²) in [5, 5.41) is 8.50. The van der Waals surface area contributed by atoms with Crippen LogP contribution in [0, 0.1) is 11.3 Å². The number of nitriles is 1. The van der Waals surface area contributed by atoms with Crippen LogP contribution in [0.3, 0.4) is 0 Å². The molecule has 0 fully saturated rings. The Kier molecular flexibility index (Phi) is 4.83. The van der Waals surface area contributed by atoms with E-state index >= 15 is 0 Å². The van der Waals surface area contributed by atoms with Crippen LogP contribution in [-0.4, -0.2) is 0 Å². The maximum absolute atomic E-state index is 13.2. The number of hydrogen-bond donors (Lipinski definition) is 0. The summed E-state index contributed by atoms with van der Waals surface area (Å²) in [4.78, 5) is 0. The molecule has 0 atom stereocenters. The van der Waals surface area contributed by atoms with Crippen LogP contribution in [0.4, 0.5) is 4.39 Å². The van der Waals surface area contributed by atoms with Crippen molar-refractivity contribution in [3.05, 3.63) is 33.2 Å². The standard InChI is InChI=1S/C9H9FIN/c1-4-7(5-12)8(10)9(11)6(2)3/h4H,2H2,1,3H3/b7-4-,9-8-. The van der Waals surface area contributed by atoms with Crippen LogP contribution >= 0.6 is 22.6 Å². The highest BCUT2D eigenvalue weighted by Gasteiger charge is 2.08. The third kappa shape index (κ3) is 2.78. The molecule has 1 nitrogen and oxygen atoms in total. The monoisotopic (exact) mass is 277 g/mol. The Morgan fingerprint density at radius 3 is 2.42 bits per heavy atom. The molecule has 0 unspecified atom stereocenters. The van der Waals surface area contributed by atoms with E-state index in [0.29, 0.717) is 9.15 Å². The van der Waals surface area contributed by atoms with E-state index in [9.17, 15) is 4.39 Å². The average molecular weight is 277 g/mol. The number of allylic oxidation sites excluding steroid dienone is 5. The van der Waals surface area contributed by atoms with Gasteiger partial charge in [0.05, 0.1) is 9.15 Å². The average Bonchev–Trinajstić information content (AvgIpc) is 2.05. The molecule has 0 aromatic heterocycles. The summed E-state index contributed by atoms with van der Waals surface area (Å²) < 4.78 is 13.6. The fraction of sp³-hybridized carbons (Fsp3) is 0.222. The third-order valence-electron chi connectivity index (χ3n) is 1.21. The lowest BCUT2D eigenvalue weighted by molar-refractivity contribution is 0.655. The zero-order chi connectivity index (χ0) is 9.72.